The summed E-state index contributed by atoms with van der Waals surface area (Å²) in [6.45, 7) is 0. The van der Waals surface area contributed by atoms with Crippen molar-refractivity contribution in [3.63, 3.8) is 0 Å². The fourth-order valence-electron chi connectivity index (χ4n) is 1.52. The molecule has 0 aliphatic rings. The second-order valence-electron chi connectivity index (χ2n) is 3.75. The van der Waals surface area contributed by atoms with Crippen LogP contribution in [0.4, 0.5) is 10.8 Å². The van der Waals surface area contributed by atoms with E-state index in [2.05, 4.69) is 15.6 Å². The average molecular weight is 272 g/mol. The first-order chi connectivity index (χ1) is 9.22. The molecule has 0 aliphatic carbocycles. The fourth-order valence-corrected chi connectivity index (χ4v) is 2.20. The van der Waals surface area contributed by atoms with Crippen molar-refractivity contribution in [3.8, 4) is 17.3 Å². The predicted octanol–water partition coefficient (Wildman–Crippen LogP) is 2.70. The summed E-state index contributed by atoms with van der Waals surface area (Å²) >= 11 is 1.54. The first-order valence-electron chi connectivity index (χ1n) is 5.63. The van der Waals surface area contributed by atoms with Crippen molar-refractivity contribution in [2.45, 2.75) is 6.42 Å². The van der Waals surface area contributed by atoms with Gasteiger partial charge in [0.15, 0.2) is 5.13 Å². The maximum atomic E-state index is 11.3. The number of anilines is 2. The summed E-state index contributed by atoms with van der Waals surface area (Å²) < 4.78 is 0. The van der Waals surface area contributed by atoms with Crippen LogP contribution in [0.25, 0.3) is 11.3 Å². The summed E-state index contributed by atoms with van der Waals surface area (Å²) in [5.41, 5.74) is 2.55. The van der Waals surface area contributed by atoms with Crippen LogP contribution in [-0.2, 0) is 4.79 Å². The van der Waals surface area contributed by atoms with Gasteiger partial charge < -0.3 is 10.6 Å². The molecule has 0 bridgehead atoms. The minimum atomic E-state index is -0.304. The number of benzene rings is 1. The third-order valence-corrected chi connectivity index (χ3v) is 3.28. The second-order valence-corrected chi connectivity index (χ2v) is 4.61. The SMILES string of the molecule is CNc1nc(-c2ccc(NC(=O)CC#N)cc2)cs1. The Balaban J connectivity index is 2.10. The van der Waals surface area contributed by atoms with Crippen LogP contribution < -0.4 is 10.6 Å². The lowest BCUT2D eigenvalue weighted by Gasteiger charge is -2.03. The lowest BCUT2D eigenvalue weighted by molar-refractivity contribution is -0.115. The summed E-state index contributed by atoms with van der Waals surface area (Å²) in [6.07, 6.45) is -0.140. The highest BCUT2D eigenvalue weighted by molar-refractivity contribution is 7.14. The summed E-state index contributed by atoms with van der Waals surface area (Å²) in [6, 6.07) is 9.17. The molecule has 0 saturated carbocycles. The van der Waals surface area contributed by atoms with Crippen molar-refractivity contribution < 1.29 is 4.79 Å². The van der Waals surface area contributed by atoms with E-state index >= 15 is 0 Å². The number of rotatable bonds is 4. The molecule has 19 heavy (non-hydrogen) atoms. The van der Waals surface area contributed by atoms with Gasteiger partial charge in [-0.1, -0.05) is 12.1 Å². The average Bonchev–Trinajstić information content (AvgIpc) is 2.88. The third kappa shape index (κ3) is 3.30. The van der Waals surface area contributed by atoms with Crippen LogP contribution >= 0.6 is 11.3 Å². The first-order valence-corrected chi connectivity index (χ1v) is 6.51. The molecule has 1 aromatic carbocycles. The Labute approximate surface area is 114 Å². The number of hydrogen-bond donors (Lipinski definition) is 2. The van der Waals surface area contributed by atoms with Crippen LogP contribution in [0.2, 0.25) is 0 Å². The van der Waals surface area contributed by atoms with Crippen LogP contribution in [-0.4, -0.2) is 17.9 Å². The van der Waals surface area contributed by atoms with Gasteiger partial charge in [-0.15, -0.1) is 11.3 Å². The molecule has 1 aromatic heterocycles. The predicted molar refractivity (Wildman–Crippen MR) is 76.0 cm³/mol. The molecule has 1 heterocycles. The van der Waals surface area contributed by atoms with Gasteiger partial charge >= 0.3 is 0 Å². The molecule has 2 N–H and O–H groups in total. The minimum Gasteiger partial charge on any atom is -0.365 e. The Bertz CT molecular complexity index is 612. The number of carbonyl (C=O) groups excluding carboxylic acids is 1. The molecule has 6 heteroatoms. The van der Waals surface area contributed by atoms with Gasteiger partial charge in [-0.05, 0) is 12.1 Å². The molecule has 0 radical (unpaired) electrons. The Morgan fingerprint density at radius 3 is 2.74 bits per heavy atom. The lowest BCUT2D eigenvalue weighted by atomic mass is 10.1. The molecule has 0 fully saturated rings. The summed E-state index contributed by atoms with van der Waals surface area (Å²) in [4.78, 5) is 15.7. The van der Waals surface area contributed by atoms with E-state index < -0.39 is 0 Å². The smallest absolute Gasteiger partial charge is 0.238 e. The Morgan fingerprint density at radius 1 is 1.42 bits per heavy atom. The van der Waals surface area contributed by atoms with Gasteiger partial charge in [0.2, 0.25) is 5.91 Å². The van der Waals surface area contributed by atoms with Crippen LogP contribution in [0.5, 0.6) is 0 Å². The van der Waals surface area contributed by atoms with Crippen LogP contribution in [0.1, 0.15) is 6.42 Å². The molecule has 0 spiro atoms. The number of nitrogens with zero attached hydrogens (tertiary/aromatic N) is 2. The monoisotopic (exact) mass is 272 g/mol. The Kier molecular flexibility index (Phi) is 4.11. The quantitative estimate of drug-likeness (QED) is 0.897. The van der Waals surface area contributed by atoms with Crippen molar-refractivity contribution in [1.82, 2.24) is 4.98 Å². The molecule has 2 aromatic rings. The molecular weight excluding hydrogens is 260 g/mol. The van der Waals surface area contributed by atoms with E-state index in [4.69, 9.17) is 5.26 Å². The highest BCUT2D eigenvalue weighted by atomic mass is 32.1. The second kappa shape index (κ2) is 5.98. The normalized spacial score (nSPS) is 9.68. The molecule has 96 valence electrons. The number of amides is 1. The topological polar surface area (TPSA) is 77.8 Å². The molecule has 0 unspecified atom stereocenters. The number of carbonyl (C=O) groups is 1. The van der Waals surface area contributed by atoms with E-state index in [1.807, 2.05) is 24.6 Å². The van der Waals surface area contributed by atoms with E-state index in [-0.39, 0.29) is 12.3 Å². The molecule has 5 nitrogen and oxygen atoms in total. The molecular formula is C13H12N4OS. The summed E-state index contributed by atoms with van der Waals surface area (Å²) in [5, 5.41) is 16.9. The highest BCUT2D eigenvalue weighted by Crippen LogP contribution is 2.25. The molecule has 0 saturated heterocycles. The standard InChI is InChI=1S/C13H12N4OS/c1-15-13-17-11(8-19-13)9-2-4-10(5-3-9)16-12(18)6-7-14/h2-5,8H,6H2,1H3,(H,15,17)(H,16,18). The van der Waals surface area contributed by atoms with Crippen molar-refractivity contribution in [1.29, 1.82) is 5.26 Å². The van der Waals surface area contributed by atoms with Crippen molar-refractivity contribution in [3.05, 3.63) is 29.6 Å². The van der Waals surface area contributed by atoms with E-state index in [1.165, 1.54) is 11.3 Å². The summed E-state index contributed by atoms with van der Waals surface area (Å²) in [5.74, 6) is -0.304. The van der Waals surface area contributed by atoms with Crippen LogP contribution in [0.15, 0.2) is 29.6 Å². The largest absolute Gasteiger partial charge is 0.365 e. The zero-order valence-corrected chi connectivity index (χ0v) is 11.1. The van der Waals surface area contributed by atoms with Gasteiger partial charge in [0.25, 0.3) is 0 Å². The van der Waals surface area contributed by atoms with Crippen molar-refractivity contribution in [2.24, 2.45) is 0 Å². The van der Waals surface area contributed by atoms with Gasteiger partial charge in [0, 0.05) is 23.7 Å². The fraction of sp³-hybridized carbons (Fsp3) is 0.154. The Hall–Kier alpha value is -2.39. The van der Waals surface area contributed by atoms with Crippen LogP contribution in [0, 0.1) is 11.3 Å². The van der Waals surface area contributed by atoms with Crippen molar-refractivity contribution >= 4 is 28.1 Å². The zero-order chi connectivity index (χ0) is 13.7. The van der Waals surface area contributed by atoms with E-state index in [9.17, 15) is 4.79 Å². The number of nitrogens with one attached hydrogen (secondary N) is 2. The maximum absolute atomic E-state index is 11.3. The van der Waals surface area contributed by atoms with Gasteiger partial charge in [0.05, 0.1) is 11.8 Å². The molecule has 2 rings (SSSR count). The number of thiazole rings is 1. The number of nitriles is 1. The van der Waals surface area contributed by atoms with E-state index in [0.29, 0.717) is 5.69 Å². The maximum Gasteiger partial charge on any atom is 0.238 e. The van der Waals surface area contributed by atoms with Gasteiger partial charge in [-0.25, -0.2) is 4.98 Å². The minimum absolute atomic E-state index is 0.140. The van der Waals surface area contributed by atoms with Crippen LogP contribution in [0.3, 0.4) is 0 Å². The molecule has 0 aliphatic heterocycles. The zero-order valence-electron chi connectivity index (χ0n) is 10.3. The Morgan fingerprint density at radius 2 is 2.16 bits per heavy atom. The van der Waals surface area contributed by atoms with Gasteiger partial charge in [0.1, 0.15) is 6.42 Å². The van der Waals surface area contributed by atoms with E-state index in [1.54, 1.807) is 18.2 Å². The third-order valence-electron chi connectivity index (χ3n) is 2.42. The van der Waals surface area contributed by atoms with E-state index in [0.717, 1.165) is 16.4 Å². The molecule has 1 amide bonds. The van der Waals surface area contributed by atoms with Gasteiger partial charge in [-0.3, -0.25) is 4.79 Å². The molecule has 0 atom stereocenters. The first kappa shape index (κ1) is 13.1. The van der Waals surface area contributed by atoms with Crippen molar-refractivity contribution in [2.75, 3.05) is 17.7 Å². The number of aromatic nitrogens is 1. The number of hydrogen-bond acceptors (Lipinski definition) is 5. The summed E-state index contributed by atoms with van der Waals surface area (Å²) in [7, 11) is 1.83. The lowest BCUT2D eigenvalue weighted by Crippen LogP contribution is -2.09. The van der Waals surface area contributed by atoms with Gasteiger partial charge in [-0.2, -0.15) is 5.26 Å². The highest BCUT2D eigenvalue weighted by Gasteiger charge is 2.05.